The summed E-state index contributed by atoms with van der Waals surface area (Å²) in [6, 6.07) is 7.41. The molecule has 0 heterocycles. The van der Waals surface area contributed by atoms with Crippen molar-refractivity contribution in [3.05, 3.63) is 35.4 Å². The largest absolute Gasteiger partial charge is 0.483 e. The van der Waals surface area contributed by atoms with Crippen molar-refractivity contribution in [3.63, 3.8) is 0 Å². The molecule has 0 aromatic heterocycles. The van der Waals surface area contributed by atoms with E-state index in [0.29, 0.717) is 22.8 Å². The summed E-state index contributed by atoms with van der Waals surface area (Å²) in [7, 11) is 0. The highest BCUT2D eigenvalue weighted by Gasteiger charge is 2.19. The zero-order valence-corrected chi connectivity index (χ0v) is 13.3. The van der Waals surface area contributed by atoms with Crippen molar-refractivity contribution >= 4 is 23.2 Å². The van der Waals surface area contributed by atoms with E-state index in [2.05, 4.69) is 13.8 Å². The quantitative estimate of drug-likeness (QED) is 0.719. The van der Waals surface area contributed by atoms with E-state index >= 15 is 0 Å². The molecule has 0 saturated heterocycles. The summed E-state index contributed by atoms with van der Waals surface area (Å²) in [5, 5.41) is 0.393. The van der Waals surface area contributed by atoms with Gasteiger partial charge in [0, 0.05) is 18.7 Å². The highest BCUT2D eigenvalue weighted by atomic mass is 32.1. The number of hydrogen-bond donors (Lipinski definition) is 0. The lowest BCUT2D eigenvalue weighted by atomic mass is 10.1. The van der Waals surface area contributed by atoms with Crippen LogP contribution in [0.2, 0.25) is 0 Å². The van der Waals surface area contributed by atoms with E-state index in [0.717, 1.165) is 25.9 Å². The van der Waals surface area contributed by atoms with Crippen molar-refractivity contribution in [2.75, 3.05) is 19.7 Å². The number of benzene rings is 1. The zero-order chi connectivity index (χ0) is 15.0. The SMILES string of the molecule is CCCN(CCC)C(=O)c1ccccc1C(=S)OCC. The number of carbonyl (C=O) groups excluding carboxylic acids is 1. The van der Waals surface area contributed by atoms with E-state index in [1.54, 1.807) is 0 Å². The van der Waals surface area contributed by atoms with Gasteiger partial charge in [0.25, 0.3) is 5.91 Å². The molecule has 0 aliphatic heterocycles. The van der Waals surface area contributed by atoms with Crippen LogP contribution in [0.5, 0.6) is 0 Å². The second-order valence-corrected chi connectivity index (χ2v) is 4.93. The number of rotatable bonds is 7. The lowest BCUT2D eigenvalue weighted by Gasteiger charge is -2.22. The van der Waals surface area contributed by atoms with Crippen LogP contribution in [0.25, 0.3) is 0 Å². The second kappa shape index (κ2) is 8.69. The Morgan fingerprint density at radius 3 is 2.15 bits per heavy atom. The molecular formula is C16H23NO2S. The Bertz CT molecular complexity index is 454. The Morgan fingerprint density at radius 2 is 1.65 bits per heavy atom. The summed E-state index contributed by atoms with van der Waals surface area (Å²) in [6.07, 6.45) is 1.90. The highest BCUT2D eigenvalue weighted by Crippen LogP contribution is 2.15. The first-order valence-corrected chi connectivity index (χ1v) is 7.61. The molecule has 0 radical (unpaired) electrons. The zero-order valence-electron chi connectivity index (χ0n) is 12.5. The molecule has 0 aliphatic carbocycles. The number of thiocarbonyl (C=S) groups is 1. The monoisotopic (exact) mass is 293 g/mol. The lowest BCUT2D eigenvalue weighted by Crippen LogP contribution is -2.33. The van der Waals surface area contributed by atoms with Crippen molar-refractivity contribution in [1.82, 2.24) is 4.90 Å². The summed E-state index contributed by atoms with van der Waals surface area (Å²) in [5.41, 5.74) is 1.35. The molecule has 0 atom stereocenters. The average molecular weight is 293 g/mol. The van der Waals surface area contributed by atoms with E-state index in [9.17, 15) is 4.79 Å². The summed E-state index contributed by atoms with van der Waals surface area (Å²) in [5.74, 6) is 0.0337. The molecule has 1 aromatic carbocycles. The van der Waals surface area contributed by atoms with Crippen LogP contribution in [0, 0.1) is 0 Å². The number of hydrogen-bond acceptors (Lipinski definition) is 3. The second-order valence-electron chi connectivity index (χ2n) is 4.56. The highest BCUT2D eigenvalue weighted by molar-refractivity contribution is 7.80. The molecule has 0 aliphatic rings. The number of amides is 1. The van der Waals surface area contributed by atoms with Gasteiger partial charge in [-0.25, -0.2) is 0 Å². The Morgan fingerprint density at radius 1 is 1.10 bits per heavy atom. The van der Waals surface area contributed by atoms with Gasteiger partial charge in [-0.3, -0.25) is 4.79 Å². The third-order valence-corrected chi connectivity index (χ3v) is 3.26. The summed E-state index contributed by atoms with van der Waals surface area (Å²) in [6.45, 7) is 8.08. The van der Waals surface area contributed by atoms with Crippen LogP contribution in [-0.2, 0) is 4.74 Å². The van der Waals surface area contributed by atoms with Gasteiger partial charge in [-0.05, 0) is 44.1 Å². The average Bonchev–Trinajstić information content (AvgIpc) is 2.46. The lowest BCUT2D eigenvalue weighted by molar-refractivity contribution is 0.0755. The minimum atomic E-state index is 0.0337. The predicted octanol–water partition coefficient (Wildman–Crippen LogP) is 3.66. The fraction of sp³-hybridized carbons (Fsp3) is 0.500. The maximum absolute atomic E-state index is 12.7. The van der Waals surface area contributed by atoms with Gasteiger partial charge in [-0.15, -0.1) is 0 Å². The van der Waals surface area contributed by atoms with Crippen LogP contribution < -0.4 is 0 Å². The van der Waals surface area contributed by atoms with Crippen LogP contribution in [-0.4, -0.2) is 35.6 Å². The van der Waals surface area contributed by atoms with Gasteiger partial charge in [0.1, 0.15) is 0 Å². The standard InChI is InChI=1S/C16H23NO2S/c1-4-11-17(12-5-2)15(18)13-9-7-8-10-14(13)16(20)19-6-3/h7-10H,4-6,11-12H2,1-3H3. The van der Waals surface area contributed by atoms with Crippen molar-refractivity contribution in [3.8, 4) is 0 Å². The van der Waals surface area contributed by atoms with Crippen LogP contribution in [0.15, 0.2) is 24.3 Å². The van der Waals surface area contributed by atoms with Gasteiger partial charge in [0.15, 0.2) is 5.05 Å². The third-order valence-electron chi connectivity index (χ3n) is 2.93. The Kier molecular flexibility index (Phi) is 7.23. The molecule has 1 amide bonds. The van der Waals surface area contributed by atoms with Gasteiger partial charge >= 0.3 is 0 Å². The number of nitrogens with zero attached hydrogens (tertiary/aromatic N) is 1. The Labute approximate surface area is 126 Å². The van der Waals surface area contributed by atoms with Gasteiger partial charge < -0.3 is 9.64 Å². The van der Waals surface area contributed by atoms with Crippen LogP contribution in [0.4, 0.5) is 0 Å². The smallest absolute Gasteiger partial charge is 0.254 e. The Balaban J connectivity index is 3.04. The first-order chi connectivity index (χ1) is 9.65. The van der Waals surface area contributed by atoms with E-state index < -0.39 is 0 Å². The van der Waals surface area contributed by atoms with Gasteiger partial charge in [0.2, 0.25) is 0 Å². The molecule has 4 heteroatoms. The van der Waals surface area contributed by atoms with Crippen molar-refractivity contribution < 1.29 is 9.53 Å². The molecule has 1 aromatic rings. The molecule has 0 unspecified atom stereocenters. The molecule has 3 nitrogen and oxygen atoms in total. The van der Waals surface area contributed by atoms with Gasteiger partial charge in [-0.1, -0.05) is 26.0 Å². The first kappa shape index (κ1) is 16.6. The van der Waals surface area contributed by atoms with E-state index in [1.165, 1.54) is 0 Å². The van der Waals surface area contributed by atoms with E-state index in [4.69, 9.17) is 17.0 Å². The fourth-order valence-corrected chi connectivity index (χ4v) is 2.38. The third kappa shape index (κ3) is 4.30. The van der Waals surface area contributed by atoms with Crippen LogP contribution >= 0.6 is 12.2 Å². The summed E-state index contributed by atoms with van der Waals surface area (Å²) < 4.78 is 5.38. The molecular weight excluding hydrogens is 270 g/mol. The molecule has 0 fully saturated rings. The molecule has 110 valence electrons. The molecule has 20 heavy (non-hydrogen) atoms. The number of carbonyl (C=O) groups is 1. The topological polar surface area (TPSA) is 29.5 Å². The maximum Gasteiger partial charge on any atom is 0.254 e. The van der Waals surface area contributed by atoms with E-state index in [1.807, 2.05) is 36.1 Å². The minimum absolute atomic E-state index is 0.0337. The molecule has 0 spiro atoms. The minimum Gasteiger partial charge on any atom is -0.483 e. The van der Waals surface area contributed by atoms with Crippen molar-refractivity contribution in [1.29, 1.82) is 0 Å². The molecule has 0 N–H and O–H groups in total. The van der Waals surface area contributed by atoms with E-state index in [-0.39, 0.29) is 5.91 Å². The summed E-state index contributed by atoms with van der Waals surface area (Å²) in [4.78, 5) is 14.5. The van der Waals surface area contributed by atoms with Crippen molar-refractivity contribution in [2.24, 2.45) is 0 Å². The molecule has 1 rings (SSSR count). The normalized spacial score (nSPS) is 10.2. The number of ether oxygens (including phenoxy) is 1. The maximum atomic E-state index is 12.7. The molecule has 0 bridgehead atoms. The van der Waals surface area contributed by atoms with Crippen LogP contribution in [0.1, 0.15) is 49.5 Å². The fourth-order valence-electron chi connectivity index (χ4n) is 2.08. The van der Waals surface area contributed by atoms with Gasteiger partial charge in [-0.2, -0.15) is 0 Å². The predicted molar refractivity (Wildman–Crippen MR) is 86.3 cm³/mol. The van der Waals surface area contributed by atoms with Gasteiger partial charge in [0.05, 0.1) is 12.2 Å². The first-order valence-electron chi connectivity index (χ1n) is 7.21. The van der Waals surface area contributed by atoms with Crippen LogP contribution in [0.3, 0.4) is 0 Å². The summed E-state index contributed by atoms with van der Waals surface area (Å²) >= 11 is 5.25. The van der Waals surface area contributed by atoms with Crippen molar-refractivity contribution in [2.45, 2.75) is 33.6 Å². The Hall–Kier alpha value is -1.42. The molecule has 0 saturated carbocycles.